The van der Waals surface area contributed by atoms with Crippen LogP contribution in [0.2, 0.25) is 5.02 Å². The van der Waals surface area contributed by atoms with Crippen molar-refractivity contribution in [2.75, 3.05) is 38.6 Å². The van der Waals surface area contributed by atoms with Crippen molar-refractivity contribution in [1.29, 1.82) is 0 Å². The molecular weight excluding hydrogens is 246 g/mol. The van der Waals surface area contributed by atoms with Crippen LogP contribution in [0.5, 0.6) is 0 Å². The lowest BCUT2D eigenvalue weighted by Crippen LogP contribution is -2.52. The van der Waals surface area contributed by atoms with Gasteiger partial charge in [0.15, 0.2) is 0 Å². The molecule has 1 fully saturated rings. The third-order valence-electron chi connectivity index (χ3n) is 4.18. The summed E-state index contributed by atoms with van der Waals surface area (Å²) in [5.41, 5.74) is 8.38. The maximum Gasteiger partial charge on any atom is 0.0518 e. The molecule has 0 aromatic heterocycles. The van der Waals surface area contributed by atoms with Gasteiger partial charge in [0.1, 0.15) is 0 Å². The van der Waals surface area contributed by atoms with Crippen molar-refractivity contribution in [2.45, 2.75) is 18.9 Å². The van der Waals surface area contributed by atoms with Crippen LogP contribution in [0.15, 0.2) is 18.2 Å². The molecule has 1 atom stereocenters. The molecule has 2 N–H and O–H groups in total. The van der Waals surface area contributed by atoms with Gasteiger partial charge in [-0.25, -0.2) is 0 Å². The van der Waals surface area contributed by atoms with Crippen LogP contribution in [0.4, 0.5) is 5.69 Å². The molecule has 1 heterocycles. The van der Waals surface area contributed by atoms with Crippen LogP contribution < -0.4 is 10.6 Å². The maximum atomic E-state index is 6.20. The smallest absolute Gasteiger partial charge is 0.0518 e. The molecule has 0 saturated carbocycles. The molecule has 1 unspecified atom stereocenters. The van der Waals surface area contributed by atoms with E-state index < -0.39 is 0 Å². The molecule has 100 valence electrons. The summed E-state index contributed by atoms with van der Waals surface area (Å²) < 4.78 is 0. The fourth-order valence-corrected chi connectivity index (χ4v) is 2.74. The number of anilines is 1. The van der Waals surface area contributed by atoms with E-state index in [-0.39, 0.29) is 5.54 Å². The number of nitrogens with zero attached hydrogens (tertiary/aromatic N) is 2. The summed E-state index contributed by atoms with van der Waals surface area (Å²) in [4.78, 5) is 4.63. The summed E-state index contributed by atoms with van der Waals surface area (Å²) in [5.74, 6) is 0. The Morgan fingerprint density at radius 2 is 2.17 bits per heavy atom. The summed E-state index contributed by atoms with van der Waals surface area (Å²) in [6.45, 7) is 4.72. The number of halogens is 1. The fourth-order valence-electron chi connectivity index (χ4n) is 2.57. The first kappa shape index (κ1) is 13.7. The van der Waals surface area contributed by atoms with Gasteiger partial charge in [-0.3, -0.25) is 0 Å². The van der Waals surface area contributed by atoms with E-state index in [2.05, 4.69) is 42.1 Å². The second-order valence-electron chi connectivity index (χ2n) is 5.43. The Hall–Kier alpha value is -0.770. The molecule has 0 amide bonds. The van der Waals surface area contributed by atoms with Crippen LogP contribution in [-0.2, 0) is 0 Å². The minimum atomic E-state index is 0.0946. The molecule has 1 aromatic rings. The summed E-state index contributed by atoms with van der Waals surface area (Å²) in [6, 6.07) is 6.28. The van der Waals surface area contributed by atoms with E-state index in [4.69, 9.17) is 17.3 Å². The van der Waals surface area contributed by atoms with Crippen molar-refractivity contribution < 1.29 is 0 Å². The normalized spacial score (nSPS) is 24.0. The molecule has 0 radical (unpaired) electrons. The number of hydrogen-bond acceptors (Lipinski definition) is 3. The number of benzene rings is 1. The van der Waals surface area contributed by atoms with Gasteiger partial charge in [0, 0.05) is 30.3 Å². The first-order chi connectivity index (χ1) is 8.48. The lowest BCUT2D eigenvalue weighted by atomic mass is 9.97. The number of nitrogens with two attached hydrogens (primary N) is 1. The van der Waals surface area contributed by atoms with E-state index in [1.165, 1.54) is 5.69 Å². The van der Waals surface area contributed by atoms with Crippen molar-refractivity contribution in [3.05, 3.63) is 28.8 Å². The predicted octanol–water partition coefficient (Wildman–Crippen LogP) is 2.12. The Morgan fingerprint density at radius 3 is 2.67 bits per heavy atom. The van der Waals surface area contributed by atoms with Crippen LogP contribution in [0, 0.1) is 6.92 Å². The predicted molar refractivity (Wildman–Crippen MR) is 78.5 cm³/mol. The minimum absolute atomic E-state index is 0.0946. The molecule has 2 rings (SSSR count). The van der Waals surface area contributed by atoms with E-state index in [1.807, 2.05) is 6.92 Å². The monoisotopic (exact) mass is 267 g/mol. The first-order valence-electron chi connectivity index (χ1n) is 6.37. The molecular formula is C14H22ClN3. The van der Waals surface area contributed by atoms with Crippen molar-refractivity contribution in [3.63, 3.8) is 0 Å². The Kier molecular flexibility index (Phi) is 3.85. The van der Waals surface area contributed by atoms with E-state index in [0.29, 0.717) is 6.54 Å². The van der Waals surface area contributed by atoms with E-state index in [9.17, 15) is 0 Å². The average molecular weight is 268 g/mol. The molecule has 1 aliphatic heterocycles. The van der Waals surface area contributed by atoms with Gasteiger partial charge in [-0.05, 0) is 45.1 Å². The topological polar surface area (TPSA) is 32.5 Å². The largest absolute Gasteiger partial charge is 0.370 e. The molecule has 1 saturated heterocycles. The van der Waals surface area contributed by atoms with Gasteiger partial charge in [0.2, 0.25) is 0 Å². The second-order valence-corrected chi connectivity index (χ2v) is 5.84. The molecule has 0 bridgehead atoms. The molecule has 4 heteroatoms. The zero-order chi connectivity index (χ0) is 13.3. The third kappa shape index (κ3) is 2.35. The summed E-state index contributed by atoms with van der Waals surface area (Å²) in [7, 11) is 4.22. The highest BCUT2D eigenvalue weighted by Crippen LogP contribution is 2.31. The maximum absolute atomic E-state index is 6.20. The van der Waals surface area contributed by atoms with E-state index in [0.717, 1.165) is 30.1 Å². The van der Waals surface area contributed by atoms with E-state index in [1.54, 1.807) is 0 Å². The van der Waals surface area contributed by atoms with E-state index >= 15 is 0 Å². The van der Waals surface area contributed by atoms with Crippen molar-refractivity contribution in [2.24, 2.45) is 5.73 Å². The SMILES string of the molecule is Cc1ccc(N2CCC(CN)(N(C)C)C2)cc1Cl. The minimum Gasteiger partial charge on any atom is -0.370 e. The Bertz CT molecular complexity index is 433. The van der Waals surface area contributed by atoms with Crippen molar-refractivity contribution in [3.8, 4) is 0 Å². The van der Waals surface area contributed by atoms with Gasteiger partial charge in [0.25, 0.3) is 0 Å². The number of aryl methyl sites for hydroxylation is 1. The zero-order valence-electron chi connectivity index (χ0n) is 11.4. The standard InChI is InChI=1S/C14H22ClN3/c1-11-4-5-12(8-13(11)15)18-7-6-14(9-16,10-18)17(2)3/h4-5,8H,6-7,9-10,16H2,1-3H3. The zero-order valence-corrected chi connectivity index (χ0v) is 12.2. The molecule has 0 spiro atoms. The van der Waals surface area contributed by atoms with Crippen LogP contribution in [0.1, 0.15) is 12.0 Å². The third-order valence-corrected chi connectivity index (χ3v) is 4.59. The number of rotatable bonds is 3. The molecule has 0 aliphatic carbocycles. The quantitative estimate of drug-likeness (QED) is 0.911. The van der Waals surface area contributed by atoms with Gasteiger partial charge in [-0.1, -0.05) is 17.7 Å². The van der Waals surface area contributed by atoms with Crippen molar-refractivity contribution in [1.82, 2.24) is 4.90 Å². The van der Waals surface area contributed by atoms with Gasteiger partial charge in [-0.15, -0.1) is 0 Å². The average Bonchev–Trinajstić information content (AvgIpc) is 2.78. The van der Waals surface area contributed by atoms with Gasteiger partial charge in [-0.2, -0.15) is 0 Å². The van der Waals surface area contributed by atoms with Crippen LogP contribution in [0.25, 0.3) is 0 Å². The Labute approximate surface area is 115 Å². The van der Waals surface area contributed by atoms with Crippen LogP contribution in [0.3, 0.4) is 0 Å². The lowest BCUT2D eigenvalue weighted by molar-refractivity contribution is 0.184. The van der Waals surface area contributed by atoms with Gasteiger partial charge in [0.05, 0.1) is 5.54 Å². The van der Waals surface area contributed by atoms with Gasteiger partial charge < -0.3 is 15.5 Å². The molecule has 3 nitrogen and oxygen atoms in total. The van der Waals surface area contributed by atoms with Crippen molar-refractivity contribution >= 4 is 17.3 Å². The fraction of sp³-hybridized carbons (Fsp3) is 0.571. The lowest BCUT2D eigenvalue weighted by Gasteiger charge is -2.35. The second kappa shape index (κ2) is 5.08. The summed E-state index contributed by atoms with van der Waals surface area (Å²) >= 11 is 6.20. The highest BCUT2D eigenvalue weighted by atomic mass is 35.5. The van der Waals surface area contributed by atoms with Gasteiger partial charge >= 0.3 is 0 Å². The first-order valence-corrected chi connectivity index (χ1v) is 6.75. The Balaban J connectivity index is 2.19. The highest BCUT2D eigenvalue weighted by molar-refractivity contribution is 6.31. The summed E-state index contributed by atoms with van der Waals surface area (Å²) in [6.07, 6.45) is 1.10. The molecule has 18 heavy (non-hydrogen) atoms. The number of likely N-dealkylation sites (N-methyl/N-ethyl adjacent to an activating group) is 1. The molecule has 1 aromatic carbocycles. The Morgan fingerprint density at radius 1 is 1.44 bits per heavy atom. The van der Waals surface area contributed by atoms with Crippen LogP contribution in [-0.4, -0.2) is 44.2 Å². The number of hydrogen-bond donors (Lipinski definition) is 1. The molecule has 1 aliphatic rings. The summed E-state index contributed by atoms with van der Waals surface area (Å²) in [5, 5.41) is 0.836. The highest BCUT2D eigenvalue weighted by Gasteiger charge is 2.38. The van der Waals surface area contributed by atoms with Crippen LogP contribution >= 0.6 is 11.6 Å².